The molecule has 21 heavy (non-hydrogen) atoms. The SMILES string of the molecule is C=CCN(CCO)S(=O)(=O)N1CCCC(CNCCC)C1. The molecule has 0 aromatic heterocycles. The van der Waals surface area contributed by atoms with Gasteiger partial charge in [-0.3, -0.25) is 0 Å². The molecule has 1 saturated heterocycles. The normalized spacial score (nSPS) is 20.8. The zero-order chi connectivity index (χ0) is 15.7. The first-order valence-corrected chi connectivity index (χ1v) is 9.13. The van der Waals surface area contributed by atoms with E-state index in [-0.39, 0.29) is 19.7 Å². The van der Waals surface area contributed by atoms with Crippen LogP contribution < -0.4 is 5.32 Å². The lowest BCUT2D eigenvalue weighted by atomic mass is 10.00. The molecule has 0 radical (unpaired) electrons. The molecule has 0 bridgehead atoms. The van der Waals surface area contributed by atoms with Crippen molar-refractivity contribution in [1.29, 1.82) is 0 Å². The highest BCUT2D eigenvalue weighted by Gasteiger charge is 2.32. The summed E-state index contributed by atoms with van der Waals surface area (Å²) in [6, 6.07) is 0. The Morgan fingerprint density at radius 2 is 2.29 bits per heavy atom. The van der Waals surface area contributed by atoms with Crippen molar-refractivity contribution in [1.82, 2.24) is 13.9 Å². The van der Waals surface area contributed by atoms with Crippen molar-refractivity contribution in [3.05, 3.63) is 12.7 Å². The van der Waals surface area contributed by atoms with Crippen molar-refractivity contribution in [2.24, 2.45) is 5.92 Å². The summed E-state index contributed by atoms with van der Waals surface area (Å²) >= 11 is 0. The molecule has 1 atom stereocenters. The minimum Gasteiger partial charge on any atom is -0.395 e. The van der Waals surface area contributed by atoms with E-state index >= 15 is 0 Å². The highest BCUT2D eigenvalue weighted by Crippen LogP contribution is 2.20. The molecule has 1 unspecified atom stereocenters. The van der Waals surface area contributed by atoms with Crippen molar-refractivity contribution >= 4 is 10.2 Å². The highest BCUT2D eigenvalue weighted by molar-refractivity contribution is 7.86. The van der Waals surface area contributed by atoms with Crippen LogP contribution in [0.15, 0.2) is 12.7 Å². The van der Waals surface area contributed by atoms with Gasteiger partial charge in [-0.25, -0.2) is 0 Å². The molecular formula is C14H29N3O3S. The Hall–Kier alpha value is -0.470. The minimum absolute atomic E-state index is 0.115. The van der Waals surface area contributed by atoms with Gasteiger partial charge in [0.05, 0.1) is 6.61 Å². The van der Waals surface area contributed by atoms with Crippen LogP contribution in [0.1, 0.15) is 26.2 Å². The van der Waals surface area contributed by atoms with Gasteiger partial charge in [-0.2, -0.15) is 17.0 Å². The van der Waals surface area contributed by atoms with Crippen molar-refractivity contribution in [2.45, 2.75) is 26.2 Å². The van der Waals surface area contributed by atoms with Crippen LogP contribution in [0.25, 0.3) is 0 Å². The molecular weight excluding hydrogens is 290 g/mol. The summed E-state index contributed by atoms with van der Waals surface area (Å²) in [7, 11) is -3.50. The van der Waals surface area contributed by atoms with E-state index < -0.39 is 10.2 Å². The number of rotatable bonds is 10. The molecule has 0 aromatic rings. The molecule has 1 heterocycles. The first kappa shape index (κ1) is 18.6. The highest BCUT2D eigenvalue weighted by atomic mass is 32.2. The summed E-state index contributed by atoms with van der Waals surface area (Å²) in [5, 5.41) is 12.4. The molecule has 0 saturated carbocycles. The monoisotopic (exact) mass is 319 g/mol. The van der Waals surface area contributed by atoms with Gasteiger partial charge in [0, 0.05) is 26.2 Å². The fourth-order valence-corrected chi connectivity index (χ4v) is 4.30. The zero-order valence-corrected chi connectivity index (χ0v) is 13.8. The average molecular weight is 319 g/mol. The predicted molar refractivity (Wildman–Crippen MR) is 85.2 cm³/mol. The Kier molecular flexibility index (Phi) is 8.43. The number of nitrogens with one attached hydrogen (secondary N) is 1. The summed E-state index contributed by atoms with van der Waals surface area (Å²) in [5.74, 6) is 0.361. The maximum Gasteiger partial charge on any atom is 0.282 e. The topological polar surface area (TPSA) is 72.9 Å². The number of nitrogens with zero attached hydrogens (tertiary/aromatic N) is 2. The van der Waals surface area contributed by atoms with Gasteiger partial charge < -0.3 is 10.4 Å². The van der Waals surface area contributed by atoms with Gasteiger partial charge in [0.1, 0.15) is 0 Å². The van der Waals surface area contributed by atoms with E-state index in [0.29, 0.717) is 19.0 Å². The van der Waals surface area contributed by atoms with Crippen molar-refractivity contribution in [3.8, 4) is 0 Å². The second-order valence-electron chi connectivity index (χ2n) is 5.45. The summed E-state index contributed by atoms with van der Waals surface area (Å²) in [4.78, 5) is 0. The minimum atomic E-state index is -3.50. The third-order valence-corrected chi connectivity index (χ3v) is 5.64. The van der Waals surface area contributed by atoms with Crippen LogP contribution in [0.2, 0.25) is 0 Å². The van der Waals surface area contributed by atoms with Crippen molar-refractivity contribution in [3.63, 3.8) is 0 Å². The van der Waals surface area contributed by atoms with Crippen molar-refractivity contribution in [2.75, 3.05) is 45.9 Å². The molecule has 6 nitrogen and oxygen atoms in total. The fraction of sp³-hybridized carbons (Fsp3) is 0.857. The lowest BCUT2D eigenvalue weighted by Gasteiger charge is -2.35. The van der Waals surface area contributed by atoms with Crippen LogP contribution in [-0.2, 0) is 10.2 Å². The van der Waals surface area contributed by atoms with E-state index in [1.165, 1.54) is 4.31 Å². The Morgan fingerprint density at radius 1 is 1.52 bits per heavy atom. The number of hydrogen-bond acceptors (Lipinski definition) is 4. The molecule has 0 aliphatic carbocycles. The number of aliphatic hydroxyl groups excluding tert-OH is 1. The third-order valence-electron chi connectivity index (χ3n) is 3.68. The average Bonchev–Trinajstić information content (AvgIpc) is 2.47. The van der Waals surface area contributed by atoms with Crippen LogP contribution in [0.3, 0.4) is 0 Å². The second kappa shape index (κ2) is 9.53. The Balaban J connectivity index is 2.65. The van der Waals surface area contributed by atoms with Gasteiger partial charge in [-0.05, 0) is 38.3 Å². The lowest BCUT2D eigenvalue weighted by molar-refractivity contribution is 0.225. The quantitative estimate of drug-likeness (QED) is 0.452. The molecule has 1 rings (SSSR count). The molecule has 1 aliphatic rings. The van der Waals surface area contributed by atoms with Gasteiger partial charge in [0.15, 0.2) is 0 Å². The Labute approximate surface area is 129 Å². The Bertz CT molecular complexity index is 400. The van der Waals surface area contributed by atoms with E-state index in [4.69, 9.17) is 5.11 Å². The van der Waals surface area contributed by atoms with Gasteiger partial charge >= 0.3 is 0 Å². The van der Waals surface area contributed by atoms with Crippen LogP contribution in [-0.4, -0.2) is 68.0 Å². The van der Waals surface area contributed by atoms with Crippen LogP contribution in [0.4, 0.5) is 0 Å². The largest absolute Gasteiger partial charge is 0.395 e. The predicted octanol–water partition coefficient (Wildman–Crippen LogP) is 0.423. The van der Waals surface area contributed by atoms with Gasteiger partial charge in [0.25, 0.3) is 10.2 Å². The smallest absolute Gasteiger partial charge is 0.282 e. The molecule has 2 N–H and O–H groups in total. The van der Waals surface area contributed by atoms with Crippen LogP contribution in [0, 0.1) is 5.92 Å². The van der Waals surface area contributed by atoms with E-state index in [9.17, 15) is 8.42 Å². The summed E-state index contributed by atoms with van der Waals surface area (Å²) in [6.45, 7) is 8.82. The number of piperidine rings is 1. The standard InChI is InChI=1S/C14H29N3O3S/c1-3-7-15-12-14-6-5-9-17(13-14)21(19,20)16(8-4-2)10-11-18/h4,14-15,18H,2-3,5-13H2,1H3. The van der Waals surface area contributed by atoms with Crippen molar-refractivity contribution < 1.29 is 13.5 Å². The fourth-order valence-electron chi connectivity index (χ4n) is 2.61. The number of aliphatic hydroxyl groups is 1. The van der Waals surface area contributed by atoms with Crippen LogP contribution in [0.5, 0.6) is 0 Å². The van der Waals surface area contributed by atoms with Gasteiger partial charge in [-0.15, -0.1) is 6.58 Å². The van der Waals surface area contributed by atoms with Gasteiger partial charge in [-0.1, -0.05) is 13.0 Å². The molecule has 1 aliphatic heterocycles. The first-order chi connectivity index (χ1) is 10.1. The third kappa shape index (κ3) is 5.67. The summed E-state index contributed by atoms with van der Waals surface area (Å²) < 4.78 is 28.1. The maximum atomic E-state index is 12.6. The maximum absolute atomic E-state index is 12.6. The first-order valence-electron chi connectivity index (χ1n) is 7.74. The van der Waals surface area contributed by atoms with E-state index in [2.05, 4.69) is 18.8 Å². The van der Waals surface area contributed by atoms with E-state index in [1.807, 2.05) is 0 Å². The summed E-state index contributed by atoms with van der Waals surface area (Å²) in [5.41, 5.74) is 0. The van der Waals surface area contributed by atoms with Crippen LogP contribution >= 0.6 is 0 Å². The number of hydrogen-bond donors (Lipinski definition) is 2. The van der Waals surface area contributed by atoms with Gasteiger partial charge in [0.2, 0.25) is 0 Å². The molecule has 0 spiro atoms. The molecule has 7 heteroatoms. The Morgan fingerprint density at radius 3 is 2.90 bits per heavy atom. The zero-order valence-electron chi connectivity index (χ0n) is 13.0. The molecule has 1 fully saturated rings. The molecule has 0 aromatic carbocycles. The molecule has 124 valence electrons. The summed E-state index contributed by atoms with van der Waals surface area (Å²) in [6.07, 6.45) is 4.58. The lowest BCUT2D eigenvalue weighted by Crippen LogP contribution is -2.50. The second-order valence-corrected chi connectivity index (χ2v) is 7.38. The molecule has 0 amide bonds. The van der Waals surface area contributed by atoms with E-state index in [1.54, 1.807) is 10.4 Å². The van der Waals surface area contributed by atoms with E-state index in [0.717, 1.165) is 32.4 Å².